The maximum Gasteiger partial charge on any atom is 0.278 e. The topological polar surface area (TPSA) is 98.1 Å². The predicted octanol–water partition coefficient (Wildman–Crippen LogP) is 4.40. The molecule has 2 amide bonds. The highest BCUT2D eigenvalue weighted by atomic mass is 16.5. The summed E-state index contributed by atoms with van der Waals surface area (Å²) in [5, 5.41) is 13.8. The standard InChI is InChI=1S/C25H23N5O3/c1-16-4-12-21(13-5-16)30-17(2)23(28-29-30)25(32)27-19-8-6-18(7-9-19)24(31)26-20-10-14-22(33-3)15-11-20/h4-15H,1-3H3,(H,26,31)(H,27,32). The average Bonchev–Trinajstić information content (AvgIpc) is 3.22. The zero-order valence-corrected chi connectivity index (χ0v) is 18.5. The zero-order chi connectivity index (χ0) is 23.4. The molecular weight excluding hydrogens is 418 g/mol. The van der Waals surface area contributed by atoms with Crippen molar-refractivity contribution in [3.05, 3.63) is 95.3 Å². The third kappa shape index (κ3) is 4.90. The summed E-state index contributed by atoms with van der Waals surface area (Å²) in [5.74, 6) is 0.0819. The molecule has 8 nitrogen and oxygen atoms in total. The minimum Gasteiger partial charge on any atom is -0.497 e. The van der Waals surface area contributed by atoms with Crippen molar-refractivity contribution in [3.8, 4) is 11.4 Å². The van der Waals surface area contributed by atoms with Crippen LogP contribution in [0.4, 0.5) is 11.4 Å². The van der Waals surface area contributed by atoms with Crippen molar-refractivity contribution in [2.24, 2.45) is 0 Å². The molecule has 1 heterocycles. The third-order valence-corrected chi connectivity index (χ3v) is 5.14. The number of hydrogen-bond donors (Lipinski definition) is 2. The van der Waals surface area contributed by atoms with E-state index in [1.807, 2.05) is 31.2 Å². The molecule has 4 rings (SSSR count). The number of anilines is 2. The summed E-state index contributed by atoms with van der Waals surface area (Å²) in [4.78, 5) is 25.2. The molecule has 33 heavy (non-hydrogen) atoms. The molecule has 0 fully saturated rings. The summed E-state index contributed by atoms with van der Waals surface area (Å²) >= 11 is 0. The van der Waals surface area contributed by atoms with Gasteiger partial charge in [0.2, 0.25) is 0 Å². The number of amides is 2. The minimum absolute atomic E-state index is 0.233. The van der Waals surface area contributed by atoms with Crippen molar-refractivity contribution in [1.29, 1.82) is 0 Å². The number of aryl methyl sites for hydroxylation is 1. The maximum atomic E-state index is 12.7. The van der Waals surface area contributed by atoms with Crippen molar-refractivity contribution in [3.63, 3.8) is 0 Å². The first-order valence-electron chi connectivity index (χ1n) is 10.3. The average molecular weight is 441 g/mol. The van der Waals surface area contributed by atoms with Crippen LogP contribution < -0.4 is 15.4 Å². The fraction of sp³-hybridized carbons (Fsp3) is 0.120. The second-order valence-electron chi connectivity index (χ2n) is 7.48. The smallest absolute Gasteiger partial charge is 0.278 e. The highest BCUT2D eigenvalue weighted by Crippen LogP contribution is 2.18. The molecule has 0 unspecified atom stereocenters. The summed E-state index contributed by atoms with van der Waals surface area (Å²) in [6.45, 7) is 3.80. The van der Waals surface area contributed by atoms with E-state index in [-0.39, 0.29) is 17.5 Å². The summed E-state index contributed by atoms with van der Waals surface area (Å²) in [5.41, 5.74) is 4.50. The Kier molecular flexibility index (Phi) is 6.17. The molecule has 1 aromatic heterocycles. The first kappa shape index (κ1) is 21.8. The van der Waals surface area contributed by atoms with E-state index >= 15 is 0 Å². The number of rotatable bonds is 6. The lowest BCUT2D eigenvalue weighted by molar-refractivity contribution is 0.101. The molecule has 0 bridgehead atoms. The fourth-order valence-corrected chi connectivity index (χ4v) is 3.24. The quantitative estimate of drug-likeness (QED) is 0.462. The minimum atomic E-state index is -0.374. The van der Waals surface area contributed by atoms with Gasteiger partial charge in [-0.1, -0.05) is 22.9 Å². The number of hydrogen-bond acceptors (Lipinski definition) is 5. The molecule has 2 N–H and O–H groups in total. The Hall–Kier alpha value is -4.46. The third-order valence-electron chi connectivity index (χ3n) is 5.14. The van der Waals surface area contributed by atoms with Gasteiger partial charge in [0.05, 0.1) is 18.5 Å². The molecular formula is C25H23N5O3. The summed E-state index contributed by atoms with van der Waals surface area (Å²) in [7, 11) is 1.58. The number of carbonyl (C=O) groups is 2. The van der Waals surface area contributed by atoms with Crippen LogP contribution in [-0.4, -0.2) is 33.9 Å². The lowest BCUT2D eigenvalue weighted by Gasteiger charge is -2.08. The zero-order valence-electron chi connectivity index (χ0n) is 18.5. The Morgan fingerprint density at radius 2 is 1.36 bits per heavy atom. The van der Waals surface area contributed by atoms with Gasteiger partial charge in [0, 0.05) is 16.9 Å². The molecule has 0 saturated heterocycles. The van der Waals surface area contributed by atoms with Crippen molar-refractivity contribution in [2.45, 2.75) is 13.8 Å². The number of nitrogens with one attached hydrogen (secondary N) is 2. The van der Waals surface area contributed by atoms with Crippen LogP contribution >= 0.6 is 0 Å². The Morgan fingerprint density at radius 3 is 1.97 bits per heavy atom. The molecule has 4 aromatic rings. The predicted molar refractivity (Wildman–Crippen MR) is 126 cm³/mol. The normalized spacial score (nSPS) is 10.5. The number of carbonyl (C=O) groups excluding carboxylic acids is 2. The Morgan fingerprint density at radius 1 is 0.788 bits per heavy atom. The first-order chi connectivity index (χ1) is 15.9. The van der Waals surface area contributed by atoms with Gasteiger partial charge < -0.3 is 15.4 Å². The maximum absolute atomic E-state index is 12.7. The van der Waals surface area contributed by atoms with Gasteiger partial charge in [-0.3, -0.25) is 9.59 Å². The summed E-state index contributed by atoms with van der Waals surface area (Å²) in [6.07, 6.45) is 0. The van der Waals surface area contributed by atoms with Gasteiger partial charge in [-0.05, 0) is 74.5 Å². The van der Waals surface area contributed by atoms with E-state index in [2.05, 4.69) is 20.9 Å². The molecule has 8 heteroatoms. The van der Waals surface area contributed by atoms with E-state index < -0.39 is 0 Å². The van der Waals surface area contributed by atoms with Crippen LogP contribution in [0.25, 0.3) is 5.69 Å². The van der Waals surface area contributed by atoms with E-state index in [4.69, 9.17) is 4.74 Å². The van der Waals surface area contributed by atoms with Gasteiger partial charge in [0.15, 0.2) is 5.69 Å². The van der Waals surface area contributed by atoms with Gasteiger partial charge in [-0.2, -0.15) is 0 Å². The van der Waals surface area contributed by atoms with Crippen LogP contribution in [0, 0.1) is 13.8 Å². The van der Waals surface area contributed by atoms with Crippen molar-refractivity contribution in [1.82, 2.24) is 15.0 Å². The van der Waals surface area contributed by atoms with Gasteiger partial charge in [0.25, 0.3) is 11.8 Å². The number of aromatic nitrogens is 3. The van der Waals surface area contributed by atoms with Gasteiger partial charge in [0.1, 0.15) is 5.75 Å². The second kappa shape index (κ2) is 9.35. The SMILES string of the molecule is COc1ccc(NC(=O)c2ccc(NC(=O)c3nnn(-c4ccc(C)cc4)c3C)cc2)cc1. The highest BCUT2D eigenvalue weighted by molar-refractivity contribution is 6.06. The Balaban J connectivity index is 1.42. The van der Waals surface area contributed by atoms with E-state index in [1.165, 1.54) is 0 Å². The van der Waals surface area contributed by atoms with E-state index in [1.54, 1.807) is 67.2 Å². The highest BCUT2D eigenvalue weighted by Gasteiger charge is 2.18. The molecule has 0 atom stereocenters. The van der Waals surface area contributed by atoms with Crippen molar-refractivity contribution < 1.29 is 14.3 Å². The van der Waals surface area contributed by atoms with Crippen LogP contribution in [0.3, 0.4) is 0 Å². The molecule has 3 aromatic carbocycles. The molecule has 166 valence electrons. The van der Waals surface area contributed by atoms with Crippen molar-refractivity contribution >= 4 is 23.2 Å². The first-order valence-corrected chi connectivity index (χ1v) is 10.3. The lowest BCUT2D eigenvalue weighted by atomic mass is 10.2. The molecule has 0 saturated carbocycles. The molecule has 0 spiro atoms. The lowest BCUT2D eigenvalue weighted by Crippen LogP contribution is -2.15. The summed E-state index contributed by atoms with van der Waals surface area (Å²) in [6, 6.07) is 21.5. The van der Waals surface area contributed by atoms with E-state index in [0.29, 0.717) is 28.4 Å². The van der Waals surface area contributed by atoms with Crippen LogP contribution in [0.1, 0.15) is 32.1 Å². The van der Waals surface area contributed by atoms with E-state index in [9.17, 15) is 9.59 Å². The van der Waals surface area contributed by atoms with E-state index in [0.717, 1.165) is 11.3 Å². The number of ether oxygens (including phenoxy) is 1. The Labute approximate surface area is 191 Å². The van der Waals surface area contributed by atoms with Gasteiger partial charge >= 0.3 is 0 Å². The van der Waals surface area contributed by atoms with Crippen LogP contribution in [-0.2, 0) is 0 Å². The molecule has 0 aliphatic carbocycles. The van der Waals surface area contributed by atoms with Gasteiger partial charge in [-0.15, -0.1) is 5.10 Å². The van der Waals surface area contributed by atoms with Gasteiger partial charge in [-0.25, -0.2) is 4.68 Å². The number of benzene rings is 3. The summed E-state index contributed by atoms with van der Waals surface area (Å²) < 4.78 is 6.74. The second-order valence-corrected chi connectivity index (χ2v) is 7.48. The monoisotopic (exact) mass is 441 g/mol. The Bertz CT molecular complexity index is 1280. The molecule has 0 aliphatic heterocycles. The molecule has 0 aliphatic rings. The molecule has 0 radical (unpaired) electrons. The van der Waals surface area contributed by atoms with Crippen molar-refractivity contribution in [2.75, 3.05) is 17.7 Å². The largest absolute Gasteiger partial charge is 0.497 e. The number of nitrogens with zero attached hydrogens (tertiary/aromatic N) is 3. The van der Waals surface area contributed by atoms with Crippen LogP contribution in [0.2, 0.25) is 0 Å². The number of methoxy groups -OCH3 is 1. The fourth-order valence-electron chi connectivity index (χ4n) is 3.24. The van der Waals surface area contributed by atoms with Crippen LogP contribution in [0.5, 0.6) is 5.75 Å². The van der Waals surface area contributed by atoms with Crippen LogP contribution in [0.15, 0.2) is 72.8 Å².